The number of nitrogens with one attached hydrogen (secondary N) is 4. The Labute approximate surface area is 252 Å². The average molecular weight is 606 g/mol. The number of aliphatic carboxylic acids is 2. The van der Waals surface area contributed by atoms with Crippen molar-refractivity contribution in [3.8, 4) is 0 Å². The van der Waals surface area contributed by atoms with Crippen LogP contribution < -0.4 is 27.0 Å². The molecule has 0 saturated carbocycles. The number of rotatable bonds is 20. The Morgan fingerprint density at radius 1 is 0.837 bits per heavy atom. The summed E-state index contributed by atoms with van der Waals surface area (Å²) < 4.78 is 0. The van der Waals surface area contributed by atoms with Crippen molar-refractivity contribution in [1.82, 2.24) is 16.0 Å². The quantitative estimate of drug-likeness (QED) is 0.108. The summed E-state index contributed by atoms with van der Waals surface area (Å²) >= 11 is 0. The fourth-order valence-electron chi connectivity index (χ4n) is 4.49. The second kappa shape index (κ2) is 17.1. The van der Waals surface area contributed by atoms with Crippen molar-refractivity contribution in [3.63, 3.8) is 0 Å². The molecule has 13 heteroatoms. The highest BCUT2D eigenvalue weighted by molar-refractivity contribution is 5.94. The fourth-order valence-corrected chi connectivity index (χ4v) is 4.49. The van der Waals surface area contributed by atoms with E-state index in [2.05, 4.69) is 28.2 Å². The van der Waals surface area contributed by atoms with E-state index in [1.165, 1.54) is 27.7 Å². The molecule has 0 aliphatic carbocycles. The van der Waals surface area contributed by atoms with Gasteiger partial charge in [0, 0.05) is 36.2 Å². The van der Waals surface area contributed by atoms with Crippen LogP contribution in [0.1, 0.15) is 89.9 Å². The topological polar surface area (TPSA) is 217 Å². The van der Waals surface area contributed by atoms with Gasteiger partial charge in [0.05, 0.1) is 5.41 Å². The second-order valence-electron chi connectivity index (χ2n) is 11.9. The molecule has 0 aromatic heterocycles. The maximum Gasteiger partial charge on any atom is 0.326 e. The maximum atomic E-state index is 12.8. The molecule has 0 radical (unpaired) electrons. The predicted octanol–water partition coefficient (Wildman–Crippen LogP) is 2.26. The molecule has 8 N–H and O–H groups in total. The van der Waals surface area contributed by atoms with E-state index in [-0.39, 0.29) is 31.6 Å². The summed E-state index contributed by atoms with van der Waals surface area (Å²) in [6.45, 7) is 9.24. The number of primary amides is 1. The van der Waals surface area contributed by atoms with E-state index >= 15 is 0 Å². The monoisotopic (exact) mass is 605 g/mol. The Kier molecular flexibility index (Phi) is 14.6. The molecule has 2 atom stereocenters. The van der Waals surface area contributed by atoms with Crippen LogP contribution in [0, 0.1) is 10.8 Å². The van der Waals surface area contributed by atoms with E-state index in [1.807, 2.05) is 12.1 Å². The highest BCUT2D eigenvalue weighted by Gasteiger charge is 2.40. The molecule has 0 spiro atoms. The first-order chi connectivity index (χ1) is 20.0. The lowest BCUT2D eigenvalue weighted by atomic mass is 9.74. The first-order valence-electron chi connectivity index (χ1n) is 14.5. The molecule has 1 aromatic rings. The Bertz CT molecular complexity index is 1130. The molecule has 0 bridgehead atoms. The third-order valence-electron chi connectivity index (χ3n) is 6.95. The standard InChI is InChI=1S/C30H47N5O8/c1-6-16-32-20-12-10-19(11-13-20)25(38)33-17-8-7-9-21(24(31)37)34-23(36)15-14-22(26(39)40)35-27(41)29(2,3)18-30(4,5)28(42)43/h10-13,21-22,32H,6-9,14-18H2,1-5H3,(H2,31,37)(H,33,38)(H,34,36)(H,35,41)(H,39,40)(H,42,43). The number of hydrogen-bond acceptors (Lipinski definition) is 7. The SMILES string of the molecule is CCCNc1ccc(C(=O)NCCCCC(NC(=O)CCC(NC(=O)C(C)(C)CC(C)(C)C(=O)O)C(=O)O)C(N)=O)cc1. The normalized spacial score (nSPS) is 12.9. The number of hydrogen-bond donors (Lipinski definition) is 7. The number of carboxylic acids is 2. The molecular formula is C30H47N5O8. The molecular weight excluding hydrogens is 558 g/mol. The van der Waals surface area contributed by atoms with Crippen molar-refractivity contribution >= 4 is 41.3 Å². The molecule has 240 valence electrons. The van der Waals surface area contributed by atoms with Crippen LogP contribution in [0.25, 0.3) is 0 Å². The van der Waals surface area contributed by atoms with Gasteiger partial charge < -0.3 is 37.2 Å². The van der Waals surface area contributed by atoms with Crippen molar-refractivity contribution < 1.29 is 39.0 Å². The number of anilines is 1. The van der Waals surface area contributed by atoms with E-state index in [0.717, 1.165) is 18.7 Å². The predicted molar refractivity (Wildman–Crippen MR) is 161 cm³/mol. The zero-order valence-electron chi connectivity index (χ0n) is 25.7. The van der Waals surface area contributed by atoms with E-state index in [9.17, 15) is 39.0 Å². The largest absolute Gasteiger partial charge is 0.481 e. The molecule has 0 fully saturated rings. The van der Waals surface area contributed by atoms with Crippen LogP contribution in [-0.2, 0) is 24.0 Å². The molecule has 0 saturated heterocycles. The van der Waals surface area contributed by atoms with Gasteiger partial charge in [-0.1, -0.05) is 20.8 Å². The van der Waals surface area contributed by atoms with Gasteiger partial charge in [0.25, 0.3) is 5.91 Å². The minimum Gasteiger partial charge on any atom is -0.481 e. The number of carboxylic acid groups (broad SMARTS) is 2. The zero-order chi connectivity index (χ0) is 32.8. The second-order valence-corrected chi connectivity index (χ2v) is 11.9. The van der Waals surface area contributed by atoms with E-state index in [4.69, 9.17) is 5.73 Å². The van der Waals surface area contributed by atoms with Crippen molar-refractivity contribution in [2.24, 2.45) is 16.6 Å². The zero-order valence-corrected chi connectivity index (χ0v) is 25.7. The Hall–Kier alpha value is -4.16. The van der Waals surface area contributed by atoms with Gasteiger partial charge in [-0.2, -0.15) is 0 Å². The van der Waals surface area contributed by atoms with Crippen LogP contribution in [0.15, 0.2) is 24.3 Å². The molecule has 13 nitrogen and oxygen atoms in total. The number of nitrogens with two attached hydrogens (primary N) is 1. The van der Waals surface area contributed by atoms with Crippen LogP contribution in [0.2, 0.25) is 0 Å². The lowest BCUT2D eigenvalue weighted by Crippen LogP contribution is -2.49. The lowest BCUT2D eigenvalue weighted by Gasteiger charge is -2.32. The maximum absolute atomic E-state index is 12.8. The van der Waals surface area contributed by atoms with Gasteiger partial charge in [-0.25, -0.2) is 4.79 Å². The molecule has 0 heterocycles. The first-order valence-corrected chi connectivity index (χ1v) is 14.5. The number of amides is 4. The van der Waals surface area contributed by atoms with Gasteiger partial charge in [0.2, 0.25) is 17.7 Å². The van der Waals surface area contributed by atoms with Crippen LogP contribution in [0.5, 0.6) is 0 Å². The molecule has 0 aliphatic rings. The van der Waals surface area contributed by atoms with Crippen molar-refractivity contribution in [3.05, 3.63) is 29.8 Å². The third kappa shape index (κ3) is 13.1. The minimum atomic E-state index is -1.40. The minimum absolute atomic E-state index is 0.0398. The molecule has 43 heavy (non-hydrogen) atoms. The van der Waals surface area contributed by atoms with Gasteiger partial charge in [0.15, 0.2) is 0 Å². The van der Waals surface area contributed by atoms with Crippen LogP contribution in [0.4, 0.5) is 5.69 Å². The van der Waals surface area contributed by atoms with Crippen molar-refractivity contribution in [2.75, 3.05) is 18.4 Å². The van der Waals surface area contributed by atoms with Gasteiger partial charge in [0.1, 0.15) is 12.1 Å². The Morgan fingerprint density at radius 3 is 2.00 bits per heavy atom. The number of unbranched alkanes of at least 4 members (excludes halogenated alkanes) is 1. The van der Waals surface area contributed by atoms with Crippen LogP contribution in [0.3, 0.4) is 0 Å². The number of benzene rings is 1. The summed E-state index contributed by atoms with van der Waals surface area (Å²) in [4.78, 5) is 72.7. The summed E-state index contributed by atoms with van der Waals surface area (Å²) in [6, 6.07) is 4.75. The molecule has 0 aliphatic heterocycles. The summed E-state index contributed by atoms with van der Waals surface area (Å²) in [5, 5.41) is 29.9. The third-order valence-corrected chi connectivity index (χ3v) is 6.95. The smallest absolute Gasteiger partial charge is 0.326 e. The van der Waals surface area contributed by atoms with Gasteiger partial charge in [-0.15, -0.1) is 0 Å². The Morgan fingerprint density at radius 2 is 1.47 bits per heavy atom. The summed E-state index contributed by atoms with van der Waals surface area (Å²) in [6.07, 6.45) is 1.63. The van der Waals surface area contributed by atoms with Gasteiger partial charge in [-0.3, -0.25) is 24.0 Å². The van der Waals surface area contributed by atoms with Crippen molar-refractivity contribution in [2.45, 2.75) is 91.6 Å². The van der Waals surface area contributed by atoms with E-state index < -0.39 is 52.6 Å². The van der Waals surface area contributed by atoms with E-state index in [0.29, 0.717) is 24.9 Å². The number of carbonyl (C=O) groups is 6. The highest BCUT2D eigenvalue weighted by Crippen LogP contribution is 2.34. The van der Waals surface area contributed by atoms with E-state index in [1.54, 1.807) is 12.1 Å². The average Bonchev–Trinajstić information content (AvgIpc) is 2.92. The first kappa shape index (κ1) is 36.9. The summed E-state index contributed by atoms with van der Waals surface area (Å²) in [5.74, 6) is -4.68. The highest BCUT2D eigenvalue weighted by atomic mass is 16.4. The lowest BCUT2D eigenvalue weighted by molar-refractivity contribution is -0.151. The van der Waals surface area contributed by atoms with Crippen LogP contribution in [-0.4, -0.2) is 71.0 Å². The van der Waals surface area contributed by atoms with Gasteiger partial charge in [-0.05, 0) is 76.6 Å². The number of carbonyl (C=O) groups excluding carboxylic acids is 4. The molecule has 1 rings (SSSR count). The molecule has 4 amide bonds. The van der Waals surface area contributed by atoms with Crippen molar-refractivity contribution in [1.29, 1.82) is 0 Å². The molecule has 2 unspecified atom stereocenters. The summed E-state index contributed by atoms with van der Waals surface area (Å²) in [7, 11) is 0. The summed E-state index contributed by atoms with van der Waals surface area (Å²) in [5.41, 5.74) is 4.48. The fraction of sp³-hybridized carbons (Fsp3) is 0.600. The Balaban J connectivity index is 2.53. The molecule has 1 aromatic carbocycles. The van der Waals surface area contributed by atoms with Crippen LogP contribution >= 0.6 is 0 Å². The van der Waals surface area contributed by atoms with Gasteiger partial charge >= 0.3 is 11.9 Å².